The van der Waals surface area contributed by atoms with Crippen LogP contribution in [0.2, 0.25) is 0 Å². The van der Waals surface area contributed by atoms with Crippen molar-refractivity contribution in [3.05, 3.63) is 59.4 Å². The zero-order valence-corrected chi connectivity index (χ0v) is 13.5. The number of carbonyl (C=O) groups is 1. The van der Waals surface area contributed by atoms with Gasteiger partial charge in [0.15, 0.2) is 5.69 Å². The highest BCUT2D eigenvalue weighted by Gasteiger charge is 2.37. The van der Waals surface area contributed by atoms with Gasteiger partial charge in [-0.15, -0.1) is 0 Å². The van der Waals surface area contributed by atoms with Crippen molar-refractivity contribution < 1.29 is 18.0 Å². The number of alkyl halides is 3. The van der Waals surface area contributed by atoms with E-state index in [1.807, 2.05) is 30.3 Å². The largest absolute Gasteiger partial charge is 0.435 e. The van der Waals surface area contributed by atoms with Crippen LogP contribution in [0.25, 0.3) is 6.08 Å². The molecule has 1 aliphatic carbocycles. The van der Waals surface area contributed by atoms with Crippen molar-refractivity contribution in [1.29, 1.82) is 0 Å². The quantitative estimate of drug-likeness (QED) is 0.810. The Morgan fingerprint density at radius 3 is 2.64 bits per heavy atom. The van der Waals surface area contributed by atoms with Crippen molar-refractivity contribution in [3.63, 3.8) is 0 Å². The van der Waals surface area contributed by atoms with Crippen molar-refractivity contribution in [2.24, 2.45) is 0 Å². The lowest BCUT2D eigenvalue weighted by atomic mass is 10.2. The first-order valence-electron chi connectivity index (χ1n) is 8.09. The Morgan fingerprint density at radius 2 is 2.00 bits per heavy atom. The van der Waals surface area contributed by atoms with Crippen molar-refractivity contribution in [3.8, 4) is 0 Å². The lowest BCUT2D eigenvalue weighted by Crippen LogP contribution is -2.26. The molecule has 0 aliphatic heterocycles. The SMILES string of the molecule is O=C(C=Cc1ccccc1)NCCn1nc(C(F)(F)F)cc1C1CC1. The van der Waals surface area contributed by atoms with E-state index in [2.05, 4.69) is 10.4 Å². The van der Waals surface area contributed by atoms with Crippen molar-refractivity contribution >= 4 is 12.0 Å². The normalized spacial score (nSPS) is 14.8. The van der Waals surface area contributed by atoms with E-state index in [1.165, 1.54) is 10.8 Å². The Morgan fingerprint density at radius 1 is 1.28 bits per heavy atom. The van der Waals surface area contributed by atoms with E-state index in [-0.39, 0.29) is 24.9 Å². The molecule has 0 saturated heterocycles. The third-order valence-corrected chi connectivity index (χ3v) is 3.95. The van der Waals surface area contributed by atoms with Gasteiger partial charge in [0, 0.05) is 24.2 Å². The first-order chi connectivity index (χ1) is 11.9. The van der Waals surface area contributed by atoms with Gasteiger partial charge in [-0.25, -0.2) is 0 Å². The Kier molecular flexibility index (Phi) is 4.92. The number of hydrogen-bond donors (Lipinski definition) is 1. The minimum atomic E-state index is -4.45. The Bertz CT molecular complexity index is 762. The van der Waals surface area contributed by atoms with E-state index >= 15 is 0 Å². The van der Waals surface area contributed by atoms with E-state index < -0.39 is 11.9 Å². The number of benzene rings is 1. The average molecular weight is 349 g/mol. The first kappa shape index (κ1) is 17.3. The number of carbonyl (C=O) groups excluding carboxylic acids is 1. The van der Waals surface area contributed by atoms with E-state index in [1.54, 1.807) is 6.08 Å². The predicted molar refractivity (Wildman–Crippen MR) is 87.7 cm³/mol. The second-order valence-electron chi connectivity index (χ2n) is 5.98. The third kappa shape index (κ3) is 4.71. The lowest BCUT2D eigenvalue weighted by Gasteiger charge is -2.07. The molecule has 1 aromatic heterocycles. The van der Waals surface area contributed by atoms with Crippen molar-refractivity contribution in [1.82, 2.24) is 15.1 Å². The topological polar surface area (TPSA) is 46.9 Å². The fourth-order valence-corrected chi connectivity index (χ4v) is 2.54. The molecule has 0 spiro atoms. The van der Waals surface area contributed by atoms with Gasteiger partial charge in [0.2, 0.25) is 5.91 Å². The van der Waals surface area contributed by atoms with Gasteiger partial charge in [-0.1, -0.05) is 30.3 Å². The molecule has 1 aromatic carbocycles. The van der Waals surface area contributed by atoms with Gasteiger partial charge in [-0.05, 0) is 30.5 Å². The standard InChI is InChI=1S/C18H18F3N3O/c19-18(20,21)16-12-15(14-7-8-14)24(23-16)11-10-22-17(25)9-6-13-4-2-1-3-5-13/h1-6,9,12,14H,7-8,10-11H2,(H,22,25). The summed E-state index contributed by atoms with van der Waals surface area (Å²) in [5, 5.41) is 6.32. The van der Waals surface area contributed by atoms with Crippen LogP contribution in [-0.2, 0) is 17.5 Å². The smallest absolute Gasteiger partial charge is 0.351 e. The highest BCUT2D eigenvalue weighted by molar-refractivity contribution is 5.91. The summed E-state index contributed by atoms with van der Waals surface area (Å²) in [4.78, 5) is 11.8. The molecule has 1 amide bonds. The number of nitrogens with one attached hydrogen (secondary N) is 1. The molecule has 0 atom stereocenters. The zero-order chi connectivity index (χ0) is 17.9. The highest BCUT2D eigenvalue weighted by Crippen LogP contribution is 2.42. The van der Waals surface area contributed by atoms with Gasteiger partial charge in [0.25, 0.3) is 0 Å². The molecular weight excluding hydrogens is 331 g/mol. The Labute approximate surface area is 143 Å². The highest BCUT2D eigenvalue weighted by atomic mass is 19.4. The molecule has 1 N–H and O–H groups in total. The minimum Gasteiger partial charge on any atom is -0.351 e. The molecule has 1 fully saturated rings. The second kappa shape index (κ2) is 7.13. The molecule has 3 rings (SSSR count). The maximum absolute atomic E-state index is 12.8. The fourth-order valence-electron chi connectivity index (χ4n) is 2.54. The van der Waals surface area contributed by atoms with Crippen LogP contribution in [0, 0.1) is 0 Å². The molecule has 2 aromatic rings. The molecule has 1 heterocycles. The number of aromatic nitrogens is 2. The number of amides is 1. The molecule has 4 nitrogen and oxygen atoms in total. The monoisotopic (exact) mass is 349 g/mol. The minimum absolute atomic E-state index is 0.150. The van der Waals surface area contributed by atoms with E-state index in [0.29, 0.717) is 5.69 Å². The Balaban J connectivity index is 1.56. The summed E-state index contributed by atoms with van der Waals surface area (Å²) in [7, 11) is 0. The molecule has 0 radical (unpaired) electrons. The van der Waals surface area contributed by atoms with E-state index in [4.69, 9.17) is 0 Å². The number of halogens is 3. The van der Waals surface area contributed by atoms with Crippen LogP contribution in [0.5, 0.6) is 0 Å². The van der Waals surface area contributed by atoms with Gasteiger partial charge >= 0.3 is 6.18 Å². The van der Waals surface area contributed by atoms with Crippen LogP contribution in [0.3, 0.4) is 0 Å². The summed E-state index contributed by atoms with van der Waals surface area (Å²) in [6.07, 6.45) is 0.406. The third-order valence-electron chi connectivity index (χ3n) is 3.95. The molecule has 1 aliphatic rings. The molecule has 7 heteroatoms. The van der Waals surface area contributed by atoms with E-state index in [9.17, 15) is 18.0 Å². The second-order valence-corrected chi connectivity index (χ2v) is 5.98. The van der Waals surface area contributed by atoms with Gasteiger partial charge in [-0.3, -0.25) is 9.48 Å². The van der Waals surface area contributed by atoms with Gasteiger partial charge in [0.05, 0.1) is 6.54 Å². The average Bonchev–Trinajstić information content (AvgIpc) is 3.33. The Hall–Kier alpha value is -2.57. The summed E-state index contributed by atoms with van der Waals surface area (Å²) in [6, 6.07) is 10.5. The summed E-state index contributed by atoms with van der Waals surface area (Å²) in [6.45, 7) is 0.434. The van der Waals surface area contributed by atoms with Crippen LogP contribution in [0.15, 0.2) is 42.5 Å². The molecular formula is C18H18F3N3O. The molecule has 1 saturated carbocycles. The van der Waals surface area contributed by atoms with Crippen LogP contribution in [0.1, 0.15) is 35.7 Å². The van der Waals surface area contributed by atoms with Gasteiger partial charge in [0.1, 0.15) is 0 Å². The van der Waals surface area contributed by atoms with Crippen LogP contribution in [0.4, 0.5) is 13.2 Å². The summed E-state index contributed by atoms with van der Waals surface area (Å²) >= 11 is 0. The first-order valence-corrected chi connectivity index (χ1v) is 8.09. The molecule has 25 heavy (non-hydrogen) atoms. The zero-order valence-electron chi connectivity index (χ0n) is 13.5. The van der Waals surface area contributed by atoms with Crippen LogP contribution >= 0.6 is 0 Å². The molecule has 132 valence electrons. The number of nitrogens with zero attached hydrogens (tertiary/aromatic N) is 2. The molecule has 0 bridgehead atoms. The summed E-state index contributed by atoms with van der Waals surface area (Å²) < 4.78 is 39.8. The van der Waals surface area contributed by atoms with E-state index in [0.717, 1.165) is 24.5 Å². The van der Waals surface area contributed by atoms with Crippen LogP contribution < -0.4 is 5.32 Å². The molecule has 0 unspecified atom stereocenters. The van der Waals surface area contributed by atoms with Gasteiger partial charge < -0.3 is 5.32 Å². The van der Waals surface area contributed by atoms with Crippen molar-refractivity contribution in [2.75, 3.05) is 6.54 Å². The summed E-state index contributed by atoms with van der Waals surface area (Å²) in [5.41, 5.74) is 0.627. The predicted octanol–water partition coefficient (Wildman–Crippen LogP) is 3.61. The maximum atomic E-state index is 12.8. The van der Waals surface area contributed by atoms with Gasteiger partial charge in [-0.2, -0.15) is 18.3 Å². The number of hydrogen-bond acceptors (Lipinski definition) is 2. The van der Waals surface area contributed by atoms with Crippen molar-refractivity contribution in [2.45, 2.75) is 31.5 Å². The fraction of sp³-hybridized carbons (Fsp3) is 0.333. The lowest BCUT2D eigenvalue weighted by molar-refractivity contribution is -0.141. The van der Waals surface area contributed by atoms with Crippen LogP contribution in [-0.4, -0.2) is 22.2 Å². The number of rotatable bonds is 6. The maximum Gasteiger partial charge on any atom is 0.435 e. The summed E-state index contributed by atoms with van der Waals surface area (Å²) in [5.74, 6) is -0.141.